The van der Waals surface area contributed by atoms with Gasteiger partial charge in [-0.2, -0.15) is 0 Å². The summed E-state index contributed by atoms with van der Waals surface area (Å²) in [6, 6.07) is 6.08. The summed E-state index contributed by atoms with van der Waals surface area (Å²) in [5.74, 6) is 0. The highest BCUT2D eigenvalue weighted by Gasteiger charge is 2.43. The number of urea groups is 1. The van der Waals surface area contributed by atoms with E-state index >= 15 is 0 Å². The zero-order valence-electron chi connectivity index (χ0n) is 11.6. The molecule has 4 nitrogen and oxygen atoms in total. The predicted molar refractivity (Wildman–Crippen MR) is 75.9 cm³/mol. The fraction of sp³-hybridized carbons (Fsp3) is 0.533. The predicted octanol–water partition coefficient (Wildman–Crippen LogP) is 3.00. The lowest BCUT2D eigenvalue weighted by Gasteiger charge is -2.33. The Labute approximate surface area is 114 Å². The lowest BCUT2D eigenvalue weighted by atomic mass is 9.90. The number of benzene rings is 1. The first kappa shape index (κ1) is 12.5. The van der Waals surface area contributed by atoms with Gasteiger partial charge in [0.2, 0.25) is 0 Å². The minimum Gasteiger partial charge on any atom is -0.317 e. The van der Waals surface area contributed by atoms with Crippen molar-refractivity contribution < 1.29 is 4.79 Å². The summed E-state index contributed by atoms with van der Waals surface area (Å²) in [6.07, 6.45) is 5.64. The number of nitrogens with zero attached hydrogens (tertiary/aromatic N) is 1. The van der Waals surface area contributed by atoms with Crippen LogP contribution in [-0.4, -0.2) is 11.7 Å². The summed E-state index contributed by atoms with van der Waals surface area (Å²) in [6.45, 7) is 4.16. The van der Waals surface area contributed by atoms with Gasteiger partial charge in [-0.3, -0.25) is 0 Å². The number of amides is 2. The molecule has 3 rings (SSSR count). The number of carbonyl (C=O) groups is 1. The Morgan fingerprint density at radius 3 is 2.53 bits per heavy atom. The van der Waals surface area contributed by atoms with Crippen LogP contribution in [0.1, 0.15) is 43.2 Å². The lowest BCUT2D eigenvalue weighted by molar-refractivity contribution is 0.222. The van der Waals surface area contributed by atoms with Crippen LogP contribution >= 0.6 is 0 Å². The van der Waals surface area contributed by atoms with E-state index < -0.39 is 0 Å². The van der Waals surface area contributed by atoms with E-state index in [9.17, 15) is 4.79 Å². The maximum atomic E-state index is 12.2. The van der Waals surface area contributed by atoms with Crippen LogP contribution in [0, 0.1) is 13.8 Å². The summed E-state index contributed by atoms with van der Waals surface area (Å²) in [4.78, 5) is 12.2. The van der Waals surface area contributed by atoms with Gasteiger partial charge in [0.1, 0.15) is 5.66 Å². The van der Waals surface area contributed by atoms with Gasteiger partial charge in [0.25, 0.3) is 0 Å². The summed E-state index contributed by atoms with van der Waals surface area (Å²) in [7, 11) is 0. The molecule has 4 heteroatoms. The van der Waals surface area contributed by atoms with Crippen molar-refractivity contribution in [3.05, 3.63) is 29.3 Å². The molecule has 0 unspecified atom stereocenters. The van der Waals surface area contributed by atoms with E-state index in [1.807, 2.05) is 6.07 Å². The second-order valence-corrected chi connectivity index (χ2v) is 5.79. The van der Waals surface area contributed by atoms with Gasteiger partial charge in [0.05, 0.1) is 5.69 Å². The largest absolute Gasteiger partial charge is 0.338 e. The Hall–Kier alpha value is -1.55. The van der Waals surface area contributed by atoms with E-state index in [4.69, 9.17) is 0 Å². The molecule has 1 heterocycles. The highest BCUT2D eigenvalue weighted by Crippen LogP contribution is 2.31. The third-order valence-electron chi connectivity index (χ3n) is 4.33. The molecule has 2 fully saturated rings. The smallest absolute Gasteiger partial charge is 0.317 e. The van der Waals surface area contributed by atoms with Crippen molar-refractivity contribution in [3.63, 3.8) is 0 Å². The van der Waals surface area contributed by atoms with Gasteiger partial charge in [-0.15, -0.1) is 0 Å². The standard InChI is InChI=1S/C15H21N3O/c1-11-6-7-13(10-12(11)2)18-14(19)16-15(17-18)8-4-3-5-9-15/h6-7,10,17H,3-5,8-9H2,1-2H3,(H,16,19). The quantitative estimate of drug-likeness (QED) is 0.814. The Bertz CT molecular complexity index is 506. The van der Waals surface area contributed by atoms with E-state index in [0.29, 0.717) is 0 Å². The molecule has 1 saturated heterocycles. The first-order valence-corrected chi connectivity index (χ1v) is 7.07. The highest BCUT2D eigenvalue weighted by atomic mass is 16.2. The number of anilines is 1. The van der Waals surface area contributed by atoms with Crippen LogP contribution in [0.2, 0.25) is 0 Å². The zero-order valence-corrected chi connectivity index (χ0v) is 11.6. The Balaban J connectivity index is 1.85. The Kier molecular flexibility index (Phi) is 2.97. The van der Waals surface area contributed by atoms with Crippen LogP contribution in [-0.2, 0) is 0 Å². The topological polar surface area (TPSA) is 44.4 Å². The van der Waals surface area contributed by atoms with E-state index in [2.05, 4.69) is 36.7 Å². The second-order valence-electron chi connectivity index (χ2n) is 5.79. The maximum absolute atomic E-state index is 12.2. The van der Waals surface area contributed by atoms with Gasteiger partial charge >= 0.3 is 6.03 Å². The van der Waals surface area contributed by atoms with Crippen LogP contribution in [0.15, 0.2) is 18.2 Å². The van der Waals surface area contributed by atoms with E-state index in [1.165, 1.54) is 30.4 Å². The Morgan fingerprint density at radius 1 is 1.11 bits per heavy atom. The van der Waals surface area contributed by atoms with Crippen molar-refractivity contribution in [2.24, 2.45) is 0 Å². The first-order chi connectivity index (χ1) is 9.10. The number of hydrazine groups is 1. The number of aryl methyl sites for hydroxylation is 2. The van der Waals surface area contributed by atoms with Crippen LogP contribution in [0.3, 0.4) is 0 Å². The lowest BCUT2D eigenvalue weighted by Crippen LogP contribution is -2.52. The number of rotatable bonds is 1. The van der Waals surface area contributed by atoms with Gasteiger partial charge in [-0.05, 0) is 62.8 Å². The molecule has 19 heavy (non-hydrogen) atoms. The van der Waals surface area contributed by atoms with Gasteiger partial charge < -0.3 is 5.32 Å². The summed E-state index contributed by atoms with van der Waals surface area (Å²) in [5, 5.41) is 4.79. The number of carbonyl (C=O) groups excluding carboxylic acids is 1. The summed E-state index contributed by atoms with van der Waals surface area (Å²) in [5.41, 5.74) is 6.55. The molecule has 0 bridgehead atoms. The molecular formula is C15H21N3O. The van der Waals surface area contributed by atoms with Crippen LogP contribution in [0.4, 0.5) is 10.5 Å². The van der Waals surface area contributed by atoms with Crippen molar-refractivity contribution in [2.45, 2.75) is 51.6 Å². The van der Waals surface area contributed by atoms with Crippen LogP contribution in [0.25, 0.3) is 0 Å². The second kappa shape index (κ2) is 4.53. The van der Waals surface area contributed by atoms with Crippen molar-refractivity contribution in [2.75, 3.05) is 5.01 Å². The van der Waals surface area contributed by atoms with Gasteiger partial charge in [0, 0.05) is 0 Å². The summed E-state index contributed by atoms with van der Waals surface area (Å²) < 4.78 is 0. The number of nitrogens with one attached hydrogen (secondary N) is 2. The summed E-state index contributed by atoms with van der Waals surface area (Å²) >= 11 is 0. The van der Waals surface area contributed by atoms with Gasteiger partial charge in [-0.1, -0.05) is 12.5 Å². The average molecular weight is 259 g/mol. The average Bonchev–Trinajstić information content (AvgIpc) is 2.70. The first-order valence-electron chi connectivity index (χ1n) is 7.07. The molecule has 2 amide bonds. The molecule has 2 aliphatic rings. The molecule has 0 radical (unpaired) electrons. The zero-order chi connectivity index (χ0) is 13.5. The molecule has 1 aliphatic heterocycles. The van der Waals surface area contributed by atoms with Crippen LogP contribution < -0.4 is 15.8 Å². The molecule has 0 atom stereocenters. The maximum Gasteiger partial charge on any atom is 0.338 e. The third kappa shape index (κ3) is 2.21. The normalized spacial score (nSPS) is 21.8. The fourth-order valence-electron chi connectivity index (χ4n) is 2.99. The van der Waals surface area contributed by atoms with E-state index in [-0.39, 0.29) is 11.7 Å². The Morgan fingerprint density at radius 2 is 1.84 bits per heavy atom. The number of hydrogen-bond donors (Lipinski definition) is 2. The van der Waals surface area contributed by atoms with E-state index in [0.717, 1.165) is 18.5 Å². The van der Waals surface area contributed by atoms with Crippen molar-refractivity contribution in [1.29, 1.82) is 0 Å². The molecule has 2 N–H and O–H groups in total. The van der Waals surface area contributed by atoms with E-state index in [1.54, 1.807) is 5.01 Å². The molecule has 102 valence electrons. The van der Waals surface area contributed by atoms with Gasteiger partial charge in [-0.25, -0.2) is 15.2 Å². The molecule has 1 aliphatic carbocycles. The molecule has 1 aromatic carbocycles. The molecule has 1 aromatic rings. The van der Waals surface area contributed by atoms with Crippen molar-refractivity contribution in [3.8, 4) is 0 Å². The minimum absolute atomic E-state index is 0.0369. The highest BCUT2D eigenvalue weighted by molar-refractivity contribution is 5.94. The molecule has 1 saturated carbocycles. The SMILES string of the molecule is Cc1ccc(N2NC3(CCCCC3)NC2=O)cc1C. The van der Waals surface area contributed by atoms with Crippen LogP contribution in [0.5, 0.6) is 0 Å². The fourth-order valence-corrected chi connectivity index (χ4v) is 2.99. The third-order valence-corrected chi connectivity index (χ3v) is 4.33. The van der Waals surface area contributed by atoms with Gasteiger partial charge in [0.15, 0.2) is 0 Å². The minimum atomic E-state index is -0.214. The molecule has 1 spiro atoms. The molecule has 0 aromatic heterocycles. The monoisotopic (exact) mass is 259 g/mol. The number of hydrogen-bond acceptors (Lipinski definition) is 2. The van der Waals surface area contributed by atoms with Crippen molar-refractivity contribution >= 4 is 11.7 Å². The van der Waals surface area contributed by atoms with Crippen molar-refractivity contribution in [1.82, 2.24) is 10.7 Å². The molecular weight excluding hydrogens is 238 g/mol.